The van der Waals surface area contributed by atoms with Gasteiger partial charge in [-0.05, 0) is 38.1 Å². The summed E-state index contributed by atoms with van der Waals surface area (Å²) < 4.78 is 5.43. The molecule has 3 N–H and O–H groups in total. The van der Waals surface area contributed by atoms with Crippen molar-refractivity contribution >= 4 is 17.6 Å². The number of ether oxygens (including phenoxy) is 1. The zero-order valence-corrected chi connectivity index (χ0v) is 13.3. The number of nitrogens with one attached hydrogen (secondary N) is 2. The third-order valence-electron chi connectivity index (χ3n) is 2.97. The van der Waals surface area contributed by atoms with Crippen LogP contribution in [0, 0.1) is 0 Å². The lowest BCUT2D eigenvalue weighted by atomic mass is 10.2. The van der Waals surface area contributed by atoms with Gasteiger partial charge in [0.1, 0.15) is 17.3 Å². The van der Waals surface area contributed by atoms with Gasteiger partial charge in [0, 0.05) is 25.9 Å². The zero-order valence-electron chi connectivity index (χ0n) is 13.3. The van der Waals surface area contributed by atoms with E-state index < -0.39 is 6.10 Å². The molecule has 0 fully saturated rings. The molecule has 1 atom stereocenters. The number of benzene rings is 1. The Morgan fingerprint density at radius 2 is 1.70 bits per heavy atom. The van der Waals surface area contributed by atoms with Crippen LogP contribution in [0.5, 0.6) is 11.5 Å². The maximum Gasteiger partial charge on any atom is 0.260 e. The molecule has 0 saturated carbocycles. The van der Waals surface area contributed by atoms with Gasteiger partial charge in [-0.15, -0.1) is 0 Å². The maximum atomic E-state index is 11.8. The van der Waals surface area contributed by atoms with E-state index in [1.54, 1.807) is 19.1 Å². The minimum absolute atomic E-state index is 0.0337. The first kappa shape index (κ1) is 18.5. The third-order valence-corrected chi connectivity index (χ3v) is 2.97. The predicted octanol–water partition coefficient (Wildman–Crippen LogP) is 0.761. The molecule has 0 aromatic heterocycles. The monoisotopic (exact) mass is 322 g/mol. The molecule has 1 aromatic carbocycles. The number of aromatic hydroxyl groups is 1. The van der Waals surface area contributed by atoms with Crippen LogP contribution in [0.25, 0.3) is 0 Å². The number of carbonyl (C=O) groups excluding carboxylic acids is 3. The number of ketones is 1. The van der Waals surface area contributed by atoms with E-state index in [-0.39, 0.29) is 49.3 Å². The van der Waals surface area contributed by atoms with E-state index in [1.165, 1.54) is 19.1 Å². The summed E-state index contributed by atoms with van der Waals surface area (Å²) >= 11 is 0. The lowest BCUT2D eigenvalue weighted by Gasteiger charge is -2.15. The van der Waals surface area contributed by atoms with Crippen molar-refractivity contribution < 1.29 is 24.2 Å². The van der Waals surface area contributed by atoms with E-state index in [2.05, 4.69) is 10.6 Å². The van der Waals surface area contributed by atoms with E-state index in [0.29, 0.717) is 5.75 Å². The third kappa shape index (κ3) is 7.85. The summed E-state index contributed by atoms with van der Waals surface area (Å²) in [7, 11) is 0. The molecule has 7 nitrogen and oxygen atoms in total. The Morgan fingerprint density at radius 1 is 1.09 bits per heavy atom. The molecule has 0 saturated heterocycles. The summed E-state index contributed by atoms with van der Waals surface area (Å²) in [5.74, 6) is 0.0329. The van der Waals surface area contributed by atoms with Gasteiger partial charge in [0.15, 0.2) is 6.10 Å². The van der Waals surface area contributed by atoms with Crippen LogP contribution in [-0.2, 0) is 14.4 Å². The molecular formula is C16H22N2O5. The van der Waals surface area contributed by atoms with Crippen LogP contribution < -0.4 is 15.4 Å². The van der Waals surface area contributed by atoms with Crippen molar-refractivity contribution in [1.29, 1.82) is 0 Å². The van der Waals surface area contributed by atoms with Crippen molar-refractivity contribution in [2.45, 2.75) is 32.8 Å². The first-order valence-corrected chi connectivity index (χ1v) is 7.38. The minimum atomic E-state index is -0.701. The topological polar surface area (TPSA) is 105 Å². The van der Waals surface area contributed by atoms with Gasteiger partial charge in [-0.3, -0.25) is 9.59 Å². The molecule has 23 heavy (non-hydrogen) atoms. The van der Waals surface area contributed by atoms with Crippen LogP contribution >= 0.6 is 0 Å². The number of rotatable bonds is 9. The lowest BCUT2D eigenvalue weighted by Crippen LogP contribution is -2.40. The number of Topliss-reactive ketones (excluding diaryl/α,β-unsaturated/α-hetero) is 1. The summed E-state index contributed by atoms with van der Waals surface area (Å²) in [6, 6.07) is 6.07. The maximum absolute atomic E-state index is 11.8. The average molecular weight is 322 g/mol. The molecule has 0 spiro atoms. The highest BCUT2D eigenvalue weighted by Gasteiger charge is 2.14. The number of carbonyl (C=O) groups is 3. The minimum Gasteiger partial charge on any atom is -0.508 e. The fourth-order valence-electron chi connectivity index (χ4n) is 1.69. The first-order chi connectivity index (χ1) is 10.9. The Balaban J connectivity index is 2.21. The molecule has 0 aliphatic heterocycles. The second kappa shape index (κ2) is 9.45. The zero-order chi connectivity index (χ0) is 17.2. The van der Waals surface area contributed by atoms with Crippen LogP contribution in [0.3, 0.4) is 0 Å². The average Bonchev–Trinajstić information content (AvgIpc) is 2.51. The summed E-state index contributed by atoms with van der Waals surface area (Å²) in [5, 5.41) is 14.4. The number of phenolic OH excluding ortho intramolecular Hbond substituents is 1. The molecule has 2 amide bonds. The Kier molecular flexibility index (Phi) is 7.59. The molecule has 0 radical (unpaired) electrons. The summed E-state index contributed by atoms with van der Waals surface area (Å²) in [6.07, 6.45) is -0.327. The summed E-state index contributed by atoms with van der Waals surface area (Å²) in [6.45, 7) is 3.60. The summed E-state index contributed by atoms with van der Waals surface area (Å²) in [5.41, 5.74) is 0. The lowest BCUT2D eigenvalue weighted by molar-refractivity contribution is -0.127. The number of hydrogen-bond acceptors (Lipinski definition) is 5. The standard InChI is InChI=1S/C16H22N2O5/c1-11(19)3-8-15(21)17-9-10-18-16(22)12(2)23-14-6-4-13(20)5-7-14/h4-7,12,20H,3,8-10H2,1-2H3,(H,17,21)(H,18,22). The Hall–Kier alpha value is -2.57. The number of hydrogen-bond donors (Lipinski definition) is 3. The molecule has 1 unspecified atom stereocenters. The molecule has 126 valence electrons. The van der Waals surface area contributed by atoms with Gasteiger partial charge in [-0.2, -0.15) is 0 Å². The number of amides is 2. The Morgan fingerprint density at radius 3 is 2.30 bits per heavy atom. The van der Waals surface area contributed by atoms with Crippen LogP contribution in [0.15, 0.2) is 24.3 Å². The van der Waals surface area contributed by atoms with Crippen LogP contribution in [-0.4, -0.2) is 41.9 Å². The van der Waals surface area contributed by atoms with Crippen LogP contribution in [0.4, 0.5) is 0 Å². The van der Waals surface area contributed by atoms with Crippen molar-refractivity contribution in [2.75, 3.05) is 13.1 Å². The van der Waals surface area contributed by atoms with Gasteiger partial charge in [0.25, 0.3) is 5.91 Å². The van der Waals surface area contributed by atoms with E-state index in [9.17, 15) is 14.4 Å². The quantitative estimate of drug-likeness (QED) is 0.582. The van der Waals surface area contributed by atoms with Crippen molar-refractivity contribution in [3.63, 3.8) is 0 Å². The second-order valence-electron chi connectivity index (χ2n) is 5.10. The van der Waals surface area contributed by atoms with Crippen molar-refractivity contribution in [2.24, 2.45) is 0 Å². The Labute approximate surface area is 135 Å². The van der Waals surface area contributed by atoms with Gasteiger partial charge in [0.05, 0.1) is 0 Å². The van der Waals surface area contributed by atoms with Crippen LogP contribution in [0.2, 0.25) is 0 Å². The Bertz CT molecular complexity index is 542. The second-order valence-corrected chi connectivity index (χ2v) is 5.10. The molecule has 0 aliphatic rings. The van der Waals surface area contributed by atoms with Crippen molar-refractivity contribution in [3.05, 3.63) is 24.3 Å². The van der Waals surface area contributed by atoms with Crippen molar-refractivity contribution in [1.82, 2.24) is 10.6 Å². The smallest absolute Gasteiger partial charge is 0.260 e. The highest BCUT2D eigenvalue weighted by atomic mass is 16.5. The highest BCUT2D eigenvalue weighted by molar-refractivity contribution is 5.83. The SMILES string of the molecule is CC(=O)CCC(=O)NCCNC(=O)C(C)Oc1ccc(O)cc1. The van der Waals surface area contributed by atoms with Crippen LogP contribution in [0.1, 0.15) is 26.7 Å². The number of phenols is 1. The molecule has 1 aromatic rings. The molecule has 0 heterocycles. The van der Waals surface area contributed by atoms with Gasteiger partial charge in [-0.1, -0.05) is 0 Å². The van der Waals surface area contributed by atoms with Gasteiger partial charge >= 0.3 is 0 Å². The summed E-state index contributed by atoms with van der Waals surface area (Å²) in [4.78, 5) is 34.0. The first-order valence-electron chi connectivity index (χ1n) is 7.38. The highest BCUT2D eigenvalue weighted by Crippen LogP contribution is 2.17. The van der Waals surface area contributed by atoms with Gasteiger partial charge < -0.3 is 25.3 Å². The normalized spacial score (nSPS) is 11.4. The fraction of sp³-hybridized carbons (Fsp3) is 0.438. The molecule has 1 rings (SSSR count). The molecule has 0 bridgehead atoms. The van der Waals surface area contributed by atoms with Crippen molar-refractivity contribution in [3.8, 4) is 11.5 Å². The van der Waals surface area contributed by atoms with E-state index in [4.69, 9.17) is 9.84 Å². The fourth-order valence-corrected chi connectivity index (χ4v) is 1.69. The van der Waals surface area contributed by atoms with E-state index >= 15 is 0 Å². The predicted molar refractivity (Wildman–Crippen MR) is 84.1 cm³/mol. The molecule has 0 aliphatic carbocycles. The van der Waals surface area contributed by atoms with Gasteiger partial charge in [0.2, 0.25) is 5.91 Å². The largest absolute Gasteiger partial charge is 0.508 e. The van der Waals surface area contributed by atoms with E-state index in [0.717, 1.165) is 0 Å². The van der Waals surface area contributed by atoms with E-state index in [1.807, 2.05) is 0 Å². The molecule has 7 heteroatoms. The molecular weight excluding hydrogens is 300 g/mol. The van der Waals surface area contributed by atoms with Gasteiger partial charge in [-0.25, -0.2) is 0 Å².